The molecule has 1 unspecified atom stereocenters. The molecule has 2 aromatic carbocycles. The first-order valence-electron chi connectivity index (χ1n) is 9.05. The monoisotopic (exact) mass is 387 g/mol. The molecule has 1 aliphatic rings. The summed E-state index contributed by atoms with van der Waals surface area (Å²) >= 11 is 0. The molecule has 1 amide bonds. The zero-order chi connectivity index (χ0) is 19.4. The third-order valence-electron chi connectivity index (χ3n) is 4.83. The lowest BCUT2D eigenvalue weighted by Gasteiger charge is -2.32. The van der Waals surface area contributed by atoms with Crippen LogP contribution in [0.3, 0.4) is 0 Å². The van der Waals surface area contributed by atoms with Crippen LogP contribution in [0.25, 0.3) is 0 Å². The molecule has 0 aromatic heterocycles. The summed E-state index contributed by atoms with van der Waals surface area (Å²) in [6, 6.07) is 13.5. The number of hydrogen-bond acceptors (Lipinski definition) is 4. The second-order valence-electron chi connectivity index (χ2n) is 6.87. The molecule has 144 valence electrons. The minimum absolute atomic E-state index is 0.0645. The number of nitrogens with one attached hydrogen (secondary N) is 2. The largest absolute Gasteiger partial charge is 0.337 e. The van der Waals surface area contributed by atoms with Crippen molar-refractivity contribution in [3.63, 3.8) is 0 Å². The maximum Gasteiger partial charge on any atom is 0.261 e. The van der Waals surface area contributed by atoms with Gasteiger partial charge in [-0.25, -0.2) is 8.42 Å². The number of piperidine rings is 1. The molecule has 1 atom stereocenters. The van der Waals surface area contributed by atoms with Crippen LogP contribution in [0.5, 0.6) is 0 Å². The lowest BCUT2D eigenvalue weighted by atomic mass is 10.0. The van der Waals surface area contributed by atoms with Gasteiger partial charge in [0, 0.05) is 30.4 Å². The fourth-order valence-corrected chi connectivity index (χ4v) is 4.25. The van der Waals surface area contributed by atoms with Crippen LogP contribution in [0.1, 0.15) is 28.8 Å². The molecule has 6 nitrogen and oxygen atoms in total. The number of hydrogen-bond donors (Lipinski definition) is 2. The molecule has 1 saturated heterocycles. The van der Waals surface area contributed by atoms with Gasteiger partial charge in [0.25, 0.3) is 15.9 Å². The summed E-state index contributed by atoms with van der Waals surface area (Å²) in [5, 5.41) is 3.21. The van der Waals surface area contributed by atoms with Crippen molar-refractivity contribution in [1.82, 2.24) is 10.2 Å². The molecule has 0 saturated carbocycles. The van der Waals surface area contributed by atoms with E-state index in [9.17, 15) is 13.2 Å². The first kappa shape index (κ1) is 19.4. The first-order valence-corrected chi connectivity index (χ1v) is 10.5. The van der Waals surface area contributed by atoms with Gasteiger partial charge in [0.2, 0.25) is 0 Å². The average molecular weight is 388 g/mol. The lowest BCUT2D eigenvalue weighted by molar-refractivity contribution is 0.0698. The van der Waals surface area contributed by atoms with E-state index in [-0.39, 0.29) is 10.8 Å². The Bertz CT molecular complexity index is 893. The van der Waals surface area contributed by atoms with E-state index >= 15 is 0 Å². The molecule has 0 radical (unpaired) electrons. The summed E-state index contributed by atoms with van der Waals surface area (Å²) in [5.41, 5.74) is 2.06. The Balaban J connectivity index is 1.72. The van der Waals surface area contributed by atoms with Gasteiger partial charge in [-0.05, 0) is 63.2 Å². The van der Waals surface area contributed by atoms with Crippen molar-refractivity contribution >= 4 is 21.6 Å². The molecule has 1 heterocycles. The predicted octanol–water partition coefficient (Wildman–Crippen LogP) is 2.62. The summed E-state index contributed by atoms with van der Waals surface area (Å²) in [6.07, 6.45) is 2.02. The number of carbonyl (C=O) groups excluding carboxylic acids is 1. The Hall–Kier alpha value is -2.38. The zero-order valence-electron chi connectivity index (χ0n) is 15.6. The van der Waals surface area contributed by atoms with Crippen molar-refractivity contribution in [1.29, 1.82) is 0 Å². The minimum Gasteiger partial charge on any atom is -0.337 e. The lowest BCUT2D eigenvalue weighted by Crippen LogP contribution is -2.46. The van der Waals surface area contributed by atoms with Gasteiger partial charge in [0.15, 0.2) is 0 Å². The summed E-state index contributed by atoms with van der Waals surface area (Å²) in [5.74, 6) is -0.0645. The van der Waals surface area contributed by atoms with Gasteiger partial charge in [-0.2, -0.15) is 0 Å². The van der Waals surface area contributed by atoms with Crippen molar-refractivity contribution in [2.45, 2.75) is 30.7 Å². The molecule has 3 rings (SSSR count). The van der Waals surface area contributed by atoms with Gasteiger partial charge in [0.1, 0.15) is 0 Å². The highest BCUT2D eigenvalue weighted by molar-refractivity contribution is 7.92. The second kappa shape index (κ2) is 8.10. The van der Waals surface area contributed by atoms with Crippen LogP contribution in [0, 0.1) is 6.92 Å². The highest BCUT2D eigenvalue weighted by Crippen LogP contribution is 2.19. The van der Waals surface area contributed by atoms with E-state index in [4.69, 9.17) is 0 Å². The molecule has 0 aliphatic carbocycles. The van der Waals surface area contributed by atoms with Crippen molar-refractivity contribution in [3.8, 4) is 0 Å². The van der Waals surface area contributed by atoms with E-state index in [1.54, 1.807) is 24.3 Å². The smallest absolute Gasteiger partial charge is 0.261 e. The Labute approximate surface area is 160 Å². The maximum absolute atomic E-state index is 12.7. The van der Waals surface area contributed by atoms with E-state index in [0.717, 1.165) is 24.9 Å². The molecular formula is C20H25N3O3S. The van der Waals surface area contributed by atoms with Crippen LogP contribution in [0.2, 0.25) is 0 Å². The van der Waals surface area contributed by atoms with Gasteiger partial charge in [-0.3, -0.25) is 9.52 Å². The number of benzene rings is 2. The second-order valence-corrected chi connectivity index (χ2v) is 8.56. The molecular weight excluding hydrogens is 362 g/mol. The Morgan fingerprint density at radius 2 is 1.74 bits per heavy atom. The number of likely N-dealkylation sites (N-methyl/N-ethyl adjacent to an activating group) is 1. The average Bonchev–Trinajstić information content (AvgIpc) is 2.69. The molecule has 1 aliphatic heterocycles. The molecule has 2 N–H and O–H groups in total. The summed E-state index contributed by atoms with van der Waals surface area (Å²) in [7, 11) is -1.79. The van der Waals surface area contributed by atoms with Crippen molar-refractivity contribution < 1.29 is 13.2 Å². The first-order chi connectivity index (χ1) is 12.9. The Morgan fingerprint density at radius 3 is 2.37 bits per heavy atom. The third-order valence-corrected chi connectivity index (χ3v) is 6.23. The Morgan fingerprint density at radius 1 is 1.07 bits per heavy atom. The van der Waals surface area contributed by atoms with Gasteiger partial charge in [0.05, 0.1) is 4.90 Å². The number of sulfonamides is 1. The fraction of sp³-hybridized carbons (Fsp3) is 0.350. The number of aryl methyl sites for hydroxylation is 1. The number of rotatable bonds is 5. The molecule has 0 bridgehead atoms. The number of carbonyl (C=O) groups is 1. The summed E-state index contributed by atoms with van der Waals surface area (Å²) < 4.78 is 27.6. The highest BCUT2D eigenvalue weighted by Gasteiger charge is 2.24. The Kier molecular flexibility index (Phi) is 5.82. The van der Waals surface area contributed by atoms with E-state index in [0.29, 0.717) is 23.8 Å². The molecule has 2 aromatic rings. The number of amides is 1. The number of likely N-dealkylation sites (tertiary alicyclic amines) is 1. The zero-order valence-corrected chi connectivity index (χ0v) is 16.4. The van der Waals surface area contributed by atoms with Gasteiger partial charge >= 0.3 is 0 Å². The van der Waals surface area contributed by atoms with Gasteiger partial charge in [-0.1, -0.05) is 17.7 Å². The predicted molar refractivity (Wildman–Crippen MR) is 106 cm³/mol. The molecule has 1 fully saturated rings. The number of anilines is 1. The molecule has 0 spiro atoms. The minimum atomic E-state index is -3.69. The fourth-order valence-electron chi connectivity index (χ4n) is 3.19. The SMILES string of the molecule is CNC1CCCN(C(=O)c2ccc(S(=O)(=O)Nc3ccc(C)cc3)cc2)C1. The van der Waals surface area contributed by atoms with Crippen LogP contribution < -0.4 is 10.0 Å². The van der Waals surface area contributed by atoms with Crippen molar-refractivity contribution in [2.24, 2.45) is 0 Å². The number of nitrogens with zero attached hydrogens (tertiary/aromatic N) is 1. The van der Waals surface area contributed by atoms with Crippen LogP contribution in [0.4, 0.5) is 5.69 Å². The normalized spacial score (nSPS) is 17.6. The van der Waals surface area contributed by atoms with Gasteiger partial charge in [-0.15, -0.1) is 0 Å². The van der Waals surface area contributed by atoms with Crippen LogP contribution in [-0.2, 0) is 10.0 Å². The standard InChI is InChI=1S/C20H25N3O3S/c1-15-5-9-17(10-6-15)22-27(25,26)19-11-7-16(8-12-19)20(24)23-13-3-4-18(14-23)21-2/h5-12,18,21-22H,3-4,13-14H2,1-2H3. The molecule has 7 heteroatoms. The van der Waals surface area contributed by atoms with Crippen LogP contribution in [-0.4, -0.2) is 45.4 Å². The van der Waals surface area contributed by atoms with E-state index in [1.165, 1.54) is 12.1 Å². The summed E-state index contributed by atoms with van der Waals surface area (Å²) in [6.45, 7) is 3.34. The maximum atomic E-state index is 12.7. The highest BCUT2D eigenvalue weighted by atomic mass is 32.2. The van der Waals surface area contributed by atoms with Crippen LogP contribution in [0.15, 0.2) is 53.4 Å². The van der Waals surface area contributed by atoms with E-state index < -0.39 is 10.0 Å². The van der Waals surface area contributed by atoms with E-state index in [2.05, 4.69) is 10.0 Å². The van der Waals surface area contributed by atoms with Gasteiger partial charge < -0.3 is 10.2 Å². The van der Waals surface area contributed by atoms with Crippen LogP contribution >= 0.6 is 0 Å². The topological polar surface area (TPSA) is 78.5 Å². The molecule has 27 heavy (non-hydrogen) atoms. The van der Waals surface area contributed by atoms with E-state index in [1.807, 2.05) is 31.0 Å². The quantitative estimate of drug-likeness (QED) is 0.827. The van der Waals surface area contributed by atoms with Crippen molar-refractivity contribution in [3.05, 3.63) is 59.7 Å². The van der Waals surface area contributed by atoms with Crippen molar-refractivity contribution in [2.75, 3.05) is 24.9 Å². The summed E-state index contributed by atoms with van der Waals surface area (Å²) in [4.78, 5) is 14.6. The third kappa shape index (κ3) is 4.67.